The van der Waals surface area contributed by atoms with Crippen LogP contribution in [-0.4, -0.2) is 36.5 Å². The van der Waals surface area contributed by atoms with Gasteiger partial charge in [-0.05, 0) is 24.6 Å². The minimum Gasteiger partial charge on any atom is -0.469 e. The average molecular weight is 333 g/mol. The van der Waals surface area contributed by atoms with Crippen LogP contribution in [0.15, 0.2) is 46.5 Å². The van der Waals surface area contributed by atoms with Gasteiger partial charge in [-0.3, -0.25) is 4.79 Å². The number of hydrogen-bond donors (Lipinski definition) is 0. The van der Waals surface area contributed by atoms with Crippen LogP contribution >= 0.6 is 11.8 Å². The molecule has 1 aliphatic heterocycles. The fraction of sp³-hybridized carbons (Fsp3) is 0.353. The fourth-order valence-corrected chi connectivity index (χ4v) is 3.85. The van der Waals surface area contributed by atoms with Crippen LogP contribution in [0.25, 0.3) is 0 Å². The van der Waals surface area contributed by atoms with E-state index in [9.17, 15) is 9.59 Å². The second-order valence-electron chi connectivity index (χ2n) is 5.13. The maximum atomic E-state index is 12.2. The van der Waals surface area contributed by atoms with Crippen LogP contribution in [0, 0.1) is 5.92 Å². The van der Waals surface area contributed by atoms with E-state index >= 15 is 0 Å². The molecule has 0 bridgehead atoms. The van der Waals surface area contributed by atoms with Gasteiger partial charge in [-0.15, -0.1) is 11.8 Å². The number of ether oxygens (including phenoxy) is 2. The minimum atomic E-state index is -0.495. The number of carbonyl (C=O) groups excluding carboxylic acids is 2. The van der Waals surface area contributed by atoms with Gasteiger partial charge in [0.25, 0.3) is 0 Å². The quantitative estimate of drug-likeness (QED) is 0.795. The highest BCUT2D eigenvalue weighted by atomic mass is 32.2. The summed E-state index contributed by atoms with van der Waals surface area (Å²) in [4.78, 5) is 28.8. The molecule has 0 aliphatic carbocycles. The largest absolute Gasteiger partial charge is 0.469 e. The topological polar surface area (TPSA) is 65.0 Å². The molecule has 1 aliphatic rings. The summed E-state index contributed by atoms with van der Waals surface area (Å²) >= 11 is 1.38. The molecule has 1 aromatic carbocycles. The minimum absolute atomic E-state index is 0.0849. The third-order valence-electron chi connectivity index (χ3n) is 3.67. The number of thioether (sulfide) groups is 1. The summed E-state index contributed by atoms with van der Waals surface area (Å²) in [7, 11) is 2.66. The van der Waals surface area contributed by atoms with Crippen molar-refractivity contribution in [3.8, 4) is 0 Å². The number of methoxy groups -OCH3 is 2. The van der Waals surface area contributed by atoms with Crippen molar-refractivity contribution < 1.29 is 19.1 Å². The molecule has 2 rings (SSSR count). The number of benzene rings is 1. The molecule has 5 nitrogen and oxygen atoms in total. The zero-order valence-corrected chi connectivity index (χ0v) is 14.3. The van der Waals surface area contributed by atoms with Gasteiger partial charge >= 0.3 is 11.9 Å². The highest BCUT2D eigenvalue weighted by molar-refractivity contribution is 8.15. The Hall–Kier alpha value is -2.08. The number of hydrogen-bond acceptors (Lipinski definition) is 6. The van der Waals surface area contributed by atoms with E-state index in [0.717, 1.165) is 5.69 Å². The summed E-state index contributed by atoms with van der Waals surface area (Å²) in [5.41, 5.74) is 1.72. The lowest BCUT2D eigenvalue weighted by Crippen LogP contribution is -2.34. The second kappa shape index (κ2) is 7.46. The summed E-state index contributed by atoms with van der Waals surface area (Å²) in [5.74, 6) is -1.35. The molecule has 0 N–H and O–H groups in total. The van der Waals surface area contributed by atoms with E-state index in [1.807, 2.05) is 37.3 Å². The lowest BCUT2D eigenvalue weighted by molar-refractivity contribution is -0.143. The number of nitrogens with zero attached hydrogens (tertiary/aromatic N) is 1. The summed E-state index contributed by atoms with van der Waals surface area (Å²) in [5, 5.41) is 0.478. The Morgan fingerprint density at radius 2 is 1.78 bits per heavy atom. The molecule has 0 saturated carbocycles. The first-order valence-corrected chi connectivity index (χ1v) is 8.05. The van der Waals surface area contributed by atoms with Crippen molar-refractivity contribution in [3.63, 3.8) is 0 Å². The zero-order chi connectivity index (χ0) is 17.0. The molecule has 122 valence electrons. The third kappa shape index (κ3) is 3.64. The molecule has 2 atom stereocenters. The summed E-state index contributed by atoms with van der Waals surface area (Å²) in [6.45, 7) is 3.68. The lowest BCUT2D eigenvalue weighted by atomic mass is 9.92. The highest BCUT2D eigenvalue weighted by Gasteiger charge is 2.39. The average Bonchev–Trinajstić information content (AvgIpc) is 2.54. The highest BCUT2D eigenvalue weighted by Crippen LogP contribution is 2.39. The summed E-state index contributed by atoms with van der Waals surface area (Å²) in [6, 6.07) is 9.36. The first-order valence-electron chi connectivity index (χ1n) is 7.17. The molecular formula is C17H19NO4S. The van der Waals surface area contributed by atoms with Gasteiger partial charge in [0.1, 0.15) is 5.04 Å². The van der Waals surface area contributed by atoms with Gasteiger partial charge in [0, 0.05) is 5.25 Å². The van der Waals surface area contributed by atoms with Gasteiger partial charge in [-0.25, -0.2) is 9.79 Å². The Labute approximate surface area is 139 Å². The van der Waals surface area contributed by atoms with Crippen LogP contribution in [0.2, 0.25) is 0 Å². The number of carbonyl (C=O) groups is 2. The summed E-state index contributed by atoms with van der Waals surface area (Å²) < 4.78 is 9.75. The van der Waals surface area contributed by atoms with Crippen LogP contribution in [0.5, 0.6) is 0 Å². The van der Waals surface area contributed by atoms with Gasteiger partial charge in [0.05, 0.1) is 31.4 Å². The Kier molecular flexibility index (Phi) is 5.60. The van der Waals surface area contributed by atoms with Gasteiger partial charge in [-0.1, -0.05) is 25.1 Å². The van der Waals surface area contributed by atoms with Crippen LogP contribution in [0.3, 0.4) is 0 Å². The van der Waals surface area contributed by atoms with Gasteiger partial charge < -0.3 is 9.47 Å². The van der Waals surface area contributed by atoms with Crippen LogP contribution in [0.1, 0.15) is 13.8 Å². The van der Waals surface area contributed by atoms with E-state index in [2.05, 4.69) is 4.99 Å². The molecule has 1 heterocycles. The molecule has 0 fully saturated rings. The van der Waals surface area contributed by atoms with Crippen molar-refractivity contribution >= 4 is 34.4 Å². The molecule has 0 aromatic heterocycles. The smallest absolute Gasteiger partial charge is 0.340 e. The zero-order valence-electron chi connectivity index (χ0n) is 13.5. The molecular weight excluding hydrogens is 314 g/mol. The maximum Gasteiger partial charge on any atom is 0.340 e. The van der Waals surface area contributed by atoms with Gasteiger partial charge in [0.15, 0.2) is 0 Å². The van der Waals surface area contributed by atoms with E-state index in [-0.39, 0.29) is 11.2 Å². The number of esters is 2. The summed E-state index contributed by atoms with van der Waals surface area (Å²) in [6.07, 6.45) is 0. The molecule has 6 heteroatoms. The number of para-hydroxylation sites is 1. The van der Waals surface area contributed by atoms with Crippen molar-refractivity contribution in [3.05, 3.63) is 41.5 Å². The first kappa shape index (κ1) is 17.3. The van der Waals surface area contributed by atoms with E-state index < -0.39 is 11.9 Å². The lowest BCUT2D eigenvalue weighted by Gasteiger charge is -2.29. The van der Waals surface area contributed by atoms with Crippen LogP contribution < -0.4 is 0 Å². The fourth-order valence-electron chi connectivity index (χ4n) is 2.53. The van der Waals surface area contributed by atoms with E-state index in [4.69, 9.17) is 9.47 Å². The van der Waals surface area contributed by atoms with Gasteiger partial charge in [-0.2, -0.15) is 0 Å². The Bertz CT molecular complexity index is 666. The third-order valence-corrected chi connectivity index (χ3v) is 4.84. The van der Waals surface area contributed by atoms with Gasteiger partial charge in [0.2, 0.25) is 0 Å². The molecule has 0 radical (unpaired) electrons. The monoisotopic (exact) mass is 333 g/mol. The van der Waals surface area contributed by atoms with Crippen molar-refractivity contribution in [1.29, 1.82) is 0 Å². The standard InChI is InChI=1S/C17H19NO4S/c1-10-13(16(19)21-3)11(2)23-15(14(10)17(20)22-4)18-12-8-6-5-7-9-12/h5-9,11,13H,1-4H3. The number of rotatable bonds is 3. The molecule has 23 heavy (non-hydrogen) atoms. The predicted octanol–water partition coefficient (Wildman–Crippen LogP) is 3.13. The maximum absolute atomic E-state index is 12.2. The van der Waals surface area contributed by atoms with Crippen molar-refractivity contribution in [1.82, 2.24) is 0 Å². The van der Waals surface area contributed by atoms with Crippen molar-refractivity contribution in [2.75, 3.05) is 14.2 Å². The first-order chi connectivity index (χ1) is 11.0. The molecule has 1 aromatic rings. The Morgan fingerprint density at radius 3 is 2.35 bits per heavy atom. The molecule has 0 saturated heterocycles. The molecule has 0 amide bonds. The SMILES string of the molecule is COC(=O)C1=C(C)C(C(=O)OC)C(C)SC1=Nc1ccccc1. The number of aliphatic imine (C=N–C) groups is 1. The second-order valence-corrected chi connectivity index (χ2v) is 6.49. The van der Waals surface area contributed by atoms with Crippen LogP contribution in [-0.2, 0) is 19.1 Å². The van der Waals surface area contributed by atoms with E-state index in [1.54, 1.807) is 6.92 Å². The van der Waals surface area contributed by atoms with Crippen LogP contribution in [0.4, 0.5) is 5.69 Å². The Balaban J connectivity index is 2.55. The molecule has 0 spiro atoms. The molecule has 2 unspecified atom stereocenters. The van der Waals surface area contributed by atoms with Crippen molar-refractivity contribution in [2.45, 2.75) is 19.1 Å². The van der Waals surface area contributed by atoms with E-state index in [1.165, 1.54) is 26.0 Å². The predicted molar refractivity (Wildman–Crippen MR) is 90.8 cm³/mol. The Morgan fingerprint density at radius 1 is 1.13 bits per heavy atom. The van der Waals surface area contributed by atoms with Crippen molar-refractivity contribution in [2.24, 2.45) is 10.9 Å². The normalized spacial score (nSPS) is 22.9. The van der Waals surface area contributed by atoms with E-state index in [0.29, 0.717) is 16.2 Å².